The van der Waals surface area contributed by atoms with E-state index in [2.05, 4.69) is 10.7 Å². The molecule has 0 spiro atoms. The molecule has 0 radical (unpaired) electrons. The molecule has 5 nitrogen and oxygen atoms in total. The molecule has 0 saturated carbocycles. The molecule has 1 aliphatic rings. The fourth-order valence-electron chi connectivity index (χ4n) is 3.42. The second kappa shape index (κ2) is 10.8. The number of thiazole rings is 1. The van der Waals surface area contributed by atoms with E-state index in [9.17, 15) is 4.79 Å². The predicted molar refractivity (Wildman–Crippen MR) is 124 cm³/mol. The number of halogens is 1. The van der Waals surface area contributed by atoms with E-state index < -0.39 is 0 Å². The summed E-state index contributed by atoms with van der Waals surface area (Å²) in [5, 5.41) is 6.73. The average molecular weight is 457 g/mol. The van der Waals surface area contributed by atoms with Gasteiger partial charge in [0.2, 0.25) is 0 Å². The molecule has 1 atom stereocenters. The van der Waals surface area contributed by atoms with E-state index in [1.807, 2.05) is 48.5 Å². The van der Waals surface area contributed by atoms with Crippen LogP contribution in [0, 0.1) is 0 Å². The summed E-state index contributed by atoms with van der Waals surface area (Å²) < 4.78 is 11.2. The predicted octanol–water partition coefficient (Wildman–Crippen LogP) is 5.12. The fraction of sp³-hybridized carbons (Fsp3) is 0.333. The van der Waals surface area contributed by atoms with Crippen LogP contribution in [-0.4, -0.2) is 36.8 Å². The van der Waals surface area contributed by atoms with Crippen molar-refractivity contribution in [1.29, 1.82) is 0 Å². The third kappa shape index (κ3) is 6.53. The zero-order valence-corrected chi connectivity index (χ0v) is 18.8. The highest BCUT2D eigenvalue weighted by Crippen LogP contribution is 2.25. The molecule has 3 aromatic rings. The summed E-state index contributed by atoms with van der Waals surface area (Å²) in [4.78, 5) is 16.8. The van der Waals surface area contributed by atoms with Gasteiger partial charge in [-0.3, -0.25) is 4.79 Å². The summed E-state index contributed by atoms with van der Waals surface area (Å²) in [6.45, 7) is 1.32. The van der Waals surface area contributed by atoms with Crippen LogP contribution in [0.4, 0.5) is 0 Å². The molecule has 2 aromatic carbocycles. The lowest BCUT2D eigenvalue weighted by atomic mass is 10.1. The zero-order chi connectivity index (χ0) is 21.5. The highest BCUT2D eigenvalue weighted by molar-refractivity contribution is 7.10. The SMILES string of the molecule is O=C(COc1ccc(-c2csc(Cc3ccc(Cl)cc3)n2)cc1)NCC1CCCCO1. The molecular weight excluding hydrogens is 432 g/mol. The molecule has 1 N–H and O–H groups in total. The molecule has 7 heteroatoms. The van der Waals surface area contributed by atoms with Crippen LogP contribution in [0.5, 0.6) is 5.75 Å². The third-order valence-corrected chi connectivity index (χ3v) is 6.24. The lowest BCUT2D eigenvalue weighted by Gasteiger charge is -2.22. The Morgan fingerprint density at radius 3 is 2.71 bits per heavy atom. The molecule has 1 unspecified atom stereocenters. The zero-order valence-electron chi connectivity index (χ0n) is 17.2. The number of nitrogens with one attached hydrogen (secondary N) is 1. The highest BCUT2D eigenvalue weighted by Gasteiger charge is 2.15. The number of hydrogen-bond donors (Lipinski definition) is 1. The monoisotopic (exact) mass is 456 g/mol. The third-order valence-electron chi connectivity index (χ3n) is 5.14. The van der Waals surface area contributed by atoms with Crippen molar-refractivity contribution < 1.29 is 14.3 Å². The summed E-state index contributed by atoms with van der Waals surface area (Å²) in [6, 6.07) is 15.5. The van der Waals surface area contributed by atoms with Gasteiger partial charge in [-0.2, -0.15) is 0 Å². The molecule has 2 heterocycles. The first-order valence-corrected chi connectivity index (χ1v) is 11.7. The molecule has 1 fully saturated rings. The maximum atomic E-state index is 12.0. The van der Waals surface area contributed by atoms with Crippen molar-refractivity contribution in [2.24, 2.45) is 0 Å². The van der Waals surface area contributed by atoms with Gasteiger partial charge in [-0.05, 0) is 61.2 Å². The average Bonchev–Trinajstić information content (AvgIpc) is 3.27. The maximum Gasteiger partial charge on any atom is 0.258 e. The second-order valence-corrected chi connectivity index (χ2v) is 8.91. The number of nitrogens with zero attached hydrogens (tertiary/aromatic N) is 1. The van der Waals surface area contributed by atoms with Gasteiger partial charge in [-0.1, -0.05) is 23.7 Å². The normalized spacial score (nSPS) is 16.1. The van der Waals surface area contributed by atoms with Crippen LogP contribution in [-0.2, 0) is 16.0 Å². The molecule has 0 aliphatic carbocycles. The van der Waals surface area contributed by atoms with Crippen LogP contribution in [0.2, 0.25) is 5.02 Å². The number of carbonyl (C=O) groups is 1. The van der Waals surface area contributed by atoms with Gasteiger partial charge < -0.3 is 14.8 Å². The molecule has 31 heavy (non-hydrogen) atoms. The Kier molecular flexibility index (Phi) is 7.57. The van der Waals surface area contributed by atoms with Crippen molar-refractivity contribution in [3.63, 3.8) is 0 Å². The van der Waals surface area contributed by atoms with Crippen LogP contribution in [0.15, 0.2) is 53.9 Å². The Morgan fingerprint density at radius 1 is 1.16 bits per heavy atom. The number of benzene rings is 2. The molecule has 1 amide bonds. The first-order chi connectivity index (χ1) is 15.2. The fourth-order valence-corrected chi connectivity index (χ4v) is 4.38. The first kappa shape index (κ1) is 21.8. The molecule has 0 bridgehead atoms. The second-order valence-electron chi connectivity index (χ2n) is 7.54. The van der Waals surface area contributed by atoms with Crippen LogP contribution >= 0.6 is 22.9 Å². The van der Waals surface area contributed by atoms with Gasteiger partial charge in [0.1, 0.15) is 5.75 Å². The van der Waals surface area contributed by atoms with E-state index >= 15 is 0 Å². The molecule has 4 rings (SSSR count). The summed E-state index contributed by atoms with van der Waals surface area (Å²) in [5.41, 5.74) is 3.14. The van der Waals surface area contributed by atoms with Gasteiger partial charge in [0.15, 0.2) is 6.61 Å². The first-order valence-electron chi connectivity index (χ1n) is 10.5. The van der Waals surface area contributed by atoms with Gasteiger partial charge in [-0.25, -0.2) is 4.98 Å². The van der Waals surface area contributed by atoms with Gasteiger partial charge in [0, 0.05) is 35.5 Å². The van der Waals surface area contributed by atoms with Gasteiger partial charge in [0.25, 0.3) is 5.91 Å². The van der Waals surface area contributed by atoms with Gasteiger partial charge in [0.05, 0.1) is 16.8 Å². The number of hydrogen-bond acceptors (Lipinski definition) is 5. The molecule has 162 valence electrons. The van der Waals surface area contributed by atoms with Crippen molar-refractivity contribution in [3.05, 3.63) is 69.5 Å². The van der Waals surface area contributed by atoms with Crippen molar-refractivity contribution in [2.45, 2.75) is 31.8 Å². The Labute approximate surface area is 191 Å². The number of carbonyl (C=O) groups excluding carboxylic acids is 1. The standard InChI is InChI=1S/C24H25ClN2O3S/c25-19-8-4-17(5-9-19)13-24-27-22(16-31-24)18-6-10-20(11-7-18)30-15-23(28)26-14-21-3-1-2-12-29-21/h4-11,16,21H,1-3,12-15H2,(H,26,28). The number of ether oxygens (including phenoxy) is 2. The molecule has 1 saturated heterocycles. The van der Waals surface area contributed by atoms with E-state index in [1.54, 1.807) is 11.3 Å². The summed E-state index contributed by atoms with van der Waals surface area (Å²) >= 11 is 7.59. The van der Waals surface area contributed by atoms with Gasteiger partial charge >= 0.3 is 0 Å². The summed E-state index contributed by atoms with van der Waals surface area (Å²) in [5.74, 6) is 0.522. The summed E-state index contributed by atoms with van der Waals surface area (Å²) in [7, 11) is 0. The number of aromatic nitrogens is 1. The van der Waals surface area contributed by atoms with E-state index in [-0.39, 0.29) is 18.6 Å². The Morgan fingerprint density at radius 2 is 1.97 bits per heavy atom. The Balaban J connectivity index is 1.25. The smallest absolute Gasteiger partial charge is 0.258 e. The van der Waals surface area contributed by atoms with E-state index in [4.69, 9.17) is 26.1 Å². The van der Waals surface area contributed by atoms with Crippen molar-refractivity contribution in [1.82, 2.24) is 10.3 Å². The Bertz CT molecular complexity index is 983. The maximum absolute atomic E-state index is 12.0. The minimum atomic E-state index is -0.135. The topological polar surface area (TPSA) is 60.5 Å². The quantitative estimate of drug-likeness (QED) is 0.511. The molecule has 1 aromatic heterocycles. The van der Waals surface area contributed by atoms with Crippen LogP contribution in [0.3, 0.4) is 0 Å². The van der Waals surface area contributed by atoms with Crippen molar-refractivity contribution in [2.75, 3.05) is 19.8 Å². The van der Waals surface area contributed by atoms with Crippen LogP contribution in [0.1, 0.15) is 29.8 Å². The summed E-state index contributed by atoms with van der Waals surface area (Å²) in [6.07, 6.45) is 4.17. The van der Waals surface area contributed by atoms with E-state index in [1.165, 1.54) is 5.56 Å². The Hall–Kier alpha value is -2.41. The largest absolute Gasteiger partial charge is 0.484 e. The highest BCUT2D eigenvalue weighted by atomic mass is 35.5. The van der Waals surface area contributed by atoms with Crippen molar-refractivity contribution >= 4 is 28.8 Å². The van der Waals surface area contributed by atoms with Crippen LogP contribution in [0.25, 0.3) is 11.3 Å². The van der Waals surface area contributed by atoms with E-state index in [0.717, 1.165) is 53.6 Å². The minimum Gasteiger partial charge on any atom is -0.484 e. The lowest BCUT2D eigenvalue weighted by molar-refractivity contribution is -0.124. The minimum absolute atomic E-state index is 0.00594. The molecule has 1 aliphatic heterocycles. The molecular formula is C24H25ClN2O3S. The lowest BCUT2D eigenvalue weighted by Crippen LogP contribution is -2.37. The van der Waals surface area contributed by atoms with Crippen LogP contribution < -0.4 is 10.1 Å². The number of amides is 1. The van der Waals surface area contributed by atoms with Gasteiger partial charge in [-0.15, -0.1) is 11.3 Å². The van der Waals surface area contributed by atoms with E-state index in [0.29, 0.717) is 12.3 Å². The van der Waals surface area contributed by atoms with Crippen molar-refractivity contribution in [3.8, 4) is 17.0 Å². The number of rotatable bonds is 8.